The van der Waals surface area contributed by atoms with E-state index in [4.69, 9.17) is 4.74 Å². The second-order valence-electron chi connectivity index (χ2n) is 6.34. The Bertz CT molecular complexity index is 815. The van der Waals surface area contributed by atoms with Crippen molar-refractivity contribution in [2.75, 3.05) is 6.61 Å². The molecule has 2 aromatic rings. The van der Waals surface area contributed by atoms with E-state index in [1.54, 1.807) is 0 Å². The van der Waals surface area contributed by atoms with Gasteiger partial charge in [-0.3, -0.25) is 15.6 Å². The molecule has 0 aliphatic rings. The minimum atomic E-state index is -0.388. The van der Waals surface area contributed by atoms with E-state index < -0.39 is 0 Å². The zero-order valence-corrected chi connectivity index (χ0v) is 15.2. The maximum Gasteiger partial charge on any atom is 0.276 e. The summed E-state index contributed by atoms with van der Waals surface area (Å²) in [6, 6.07) is 10.0. The Hall–Kier alpha value is -3.15. The largest absolute Gasteiger partial charge is 0.508 e. The zero-order valence-electron chi connectivity index (χ0n) is 15.2. The van der Waals surface area contributed by atoms with Gasteiger partial charge in [-0.1, -0.05) is 32.6 Å². The van der Waals surface area contributed by atoms with Crippen LogP contribution in [0.25, 0.3) is 5.70 Å². The van der Waals surface area contributed by atoms with Crippen LogP contribution in [0.2, 0.25) is 0 Å². The highest BCUT2D eigenvalue weighted by molar-refractivity contribution is 5.79. The van der Waals surface area contributed by atoms with Crippen LogP contribution in [0.5, 0.6) is 17.2 Å². The number of benzene rings is 2. The van der Waals surface area contributed by atoms with Crippen molar-refractivity contribution in [1.29, 1.82) is 0 Å². The van der Waals surface area contributed by atoms with Crippen molar-refractivity contribution in [3.8, 4) is 17.2 Å². The molecule has 0 unspecified atom stereocenters. The van der Waals surface area contributed by atoms with Gasteiger partial charge in [-0.2, -0.15) is 0 Å². The van der Waals surface area contributed by atoms with Crippen molar-refractivity contribution in [3.63, 3.8) is 0 Å². The quantitative estimate of drug-likeness (QED) is 0.572. The van der Waals surface area contributed by atoms with Crippen LogP contribution in [-0.2, 0) is 4.79 Å². The van der Waals surface area contributed by atoms with Crippen LogP contribution in [0.15, 0.2) is 43.0 Å². The first-order valence-electron chi connectivity index (χ1n) is 8.27. The van der Waals surface area contributed by atoms with Gasteiger partial charge in [-0.05, 0) is 42.2 Å². The fraction of sp³-hybridized carbons (Fsp3) is 0.250. The van der Waals surface area contributed by atoms with E-state index >= 15 is 0 Å². The second-order valence-corrected chi connectivity index (χ2v) is 6.34. The standard InChI is InChI=1S/C20H24N2O4/c1-12(2)16-7-5-13(3)9-19(16)26-11-20(25)22-21-14(4)17-8-6-15(23)10-18(17)24/h5-10,12,21,23-24H,4,11H2,1-3H3,(H,22,25). The molecule has 2 aromatic carbocycles. The van der Waals surface area contributed by atoms with E-state index in [1.807, 2.05) is 25.1 Å². The molecule has 138 valence electrons. The number of ether oxygens (including phenoxy) is 1. The molecule has 1 amide bonds. The summed E-state index contributed by atoms with van der Waals surface area (Å²) in [7, 11) is 0. The van der Waals surface area contributed by atoms with Gasteiger partial charge in [0, 0.05) is 11.6 Å². The molecular weight excluding hydrogens is 332 g/mol. The third kappa shape index (κ3) is 4.92. The Labute approximate surface area is 153 Å². The third-order valence-electron chi connectivity index (χ3n) is 3.81. The van der Waals surface area contributed by atoms with E-state index in [0.717, 1.165) is 11.1 Å². The smallest absolute Gasteiger partial charge is 0.276 e. The first-order valence-corrected chi connectivity index (χ1v) is 8.27. The molecule has 26 heavy (non-hydrogen) atoms. The Kier molecular flexibility index (Phi) is 6.11. The summed E-state index contributed by atoms with van der Waals surface area (Å²) in [5, 5.41) is 19.1. The number of hydrogen-bond acceptors (Lipinski definition) is 5. The van der Waals surface area contributed by atoms with Crippen molar-refractivity contribution in [1.82, 2.24) is 10.9 Å². The number of hydrogen-bond donors (Lipinski definition) is 4. The molecule has 0 saturated heterocycles. The molecule has 0 saturated carbocycles. The van der Waals surface area contributed by atoms with Gasteiger partial charge in [0.05, 0.1) is 5.70 Å². The first-order chi connectivity index (χ1) is 12.3. The summed E-state index contributed by atoms with van der Waals surface area (Å²) in [6.07, 6.45) is 0. The summed E-state index contributed by atoms with van der Waals surface area (Å²) in [6.45, 7) is 9.68. The van der Waals surface area contributed by atoms with Gasteiger partial charge < -0.3 is 14.9 Å². The van der Waals surface area contributed by atoms with Crippen molar-refractivity contribution in [2.24, 2.45) is 0 Å². The zero-order chi connectivity index (χ0) is 19.3. The molecule has 0 fully saturated rings. The molecular formula is C20H24N2O4. The van der Waals surface area contributed by atoms with E-state index in [2.05, 4.69) is 31.3 Å². The number of carbonyl (C=O) groups excluding carboxylic acids is 1. The number of amides is 1. The van der Waals surface area contributed by atoms with Crippen molar-refractivity contribution >= 4 is 11.6 Å². The van der Waals surface area contributed by atoms with Crippen molar-refractivity contribution in [2.45, 2.75) is 26.7 Å². The van der Waals surface area contributed by atoms with Crippen LogP contribution in [0.3, 0.4) is 0 Å². The van der Waals surface area contributed by atoms with Gasteiger partial charge >= 0.3 is 0 Å². The SMILES string of the molecule is C=C(NNC(=O)COc1cc(C)ccc1C(C)C)c1ccc(O)cc1O. The average Bonchev–Trinajstić information content (AvgIpc) is 2.57. The molecule has 6 heteroatoms. The number of hydrazine groups is 1. The van der Waals surface area contributed by atoms with Gasteiger partial charge in [0.1, 0.15) is 17.2 Å². The molecule has 0 bridgehead atoms. The number of phenolic OH excluding ortho intramolecular Hbond substituents is 2. The molecule has 0 aromatic heterocycles. The topological polar surface area (TPSA) is 90.8 Å². The van der Waals surface area contributed by atoms with Crippen LogP contribution in [-0.4, -0.2) is 22.7 Å². The molecule has 0 aliphatic heterocycles. The highest BCUT2D eigenvalue weighted by Gasteiger charge is 2.11. The summed E-state index contributed by atoms with van der Waals surface area (Å²) >= 11 is 0. The number of carbonyl (C=O) groups is 1. The minimum Gasteiger partial charge on any atom is -0.508 e. The Morgan fingerprint density at radius 2 is 1.88 bits per heavy atom. The lowest BCUT2D eigenvalue weighted by Gasteiger charge is -2.16. The van der Waals surface area contributed by atoms with Crippen LogP contribution >= 0.6 is 0 Å². The van der Waals surface area contributed by atoms with Crippen LogP contribution in [0, 0.1) is 6.92 Å². The second kappa shape index (κ2) is 8.29. The van der Waals surface area contributed by atoms with Crippen LogP contribution in [0.1, 0.15) is 36.5 Å². The maximum atomic E-state index is 12.0. The van der Waals surface area contributed by atoms with Gasteiger partial charge in [0.25, 0.3) is 5.91 Å². The van der Waals surface area contributed by atoms with E-state index in [9.17, 15) is 15.0 Å². The Morgan fingerprint density at radius 3 is 2.54 bits per heavy atom. The monoisotopic (exact) mass is 356 g/mol. The third-order valence-corrected chi connectivity index (χ3v) is 3.81. The number of aromatic hydroxyl groups is 2. The molecule has 0 radical (unpaired) electrons. The van der Waals surface area contributed by atoms with Crippen LogP contribution < -0.4 is 15.6 Å². The summed E-state index contributed by atoms with van der Waals surface area (Å²) in [5.41, 5.74) is 7.84. The molecule has 0 heterocycles. The fourth-order valence-corrected chi connectivity index (χ4v) is 2.41. The van der Waals surface area contributed by atoms with E-state index in [-0.39, 0.29) is 35.6 Å². The predicted octanol–water partition coefficient (Wildman–Crippen LogP) is 3.20. The molecule has 2 rings (SSSR count). The Balaban J connectivity index is 1.91. The summed E-state index contributed by atoms with van der Waals surface area (Å²) in [4.78, 5) is 12.0. The van der Waals surface area contributed by atoms with E-state index in [0.29, 0.717) is 11.3 Å². The maximum absolute atomic E-state index is 12.0. The lowest BCUT2D eigenvalue weighted by molar-refractivity contribution is -0.123. The van der Waals surface area contributed by atoms with E-state index in [1.165, 1.54) is 18.2 Å². The number of rotatable bonds is 7. The number of nitrogens with one attached hydrogen (secondary N) is 2. The normalized spacial score (nSPS) is 10.5. The predicted molar refractivity (Wildman–Crippen MR) is 101 cm³/mol. The highest BCUT2D eigenvalue weighted by atomic mass is 16.5. The van der Waals surface area contributed by atoms with Crippen molar-refractivity contribution in [3.05, 3.63) is 59.7 Å². The Morgan fingerprint density at radius 1 is 1.15 bits per heavy atom. The molecule has 6 nitrogen and oxygen atoms in total. The van der Waals surface area contributed by atoms with Crippen LogP contribution in [0.4, 0.5) is 0 Å². The molecule has 0 atom stereocenters. The number of phenols is 2. The van der Waals surface area contributed by atoms with Gasteiger partial charge in [-0.25, -0.2) is 0 Å². The van der Waals surface area contributed by atoms with Crippen molar-refractivity contribution < 1.29 is 19.7 Å². The molecule has 4 N–H and O–H groups in total. The van der Waals surface area contributed by atoms with Gasteiger partial charge in [0.15, 0.2) is 6.61 Å². The lowest BCUT2D eigenvalue weighted by atomic mass is 10.0. The summed E-state index contributed by atoms with van der Waals surface area (Å²) in [5.74, 6) is 0.375. The summed E-state index contributed by atoms with van der Waals surface area (Å²) < 4.78 is 5.65. The lowest BCUT2D eigenvalue weighted by Crippen LogP contribution is -2.39. The average molecular weight is 356 g/mol. The van der Waals surface area contributed by atoms with Gasteiger partial charge in [0.2, 0.25) is 0 Å². The van der Waals surface area contributed by atoms with Gasteiger partial charge in [-0.15, -0.1) is 0 Å². The first kappa shape index (κ1) is 19.2. The fourth-order valence-electron chi connectivity index (χ4n) is 2.41. The number of aryl methyl sites for hydroxylation is 1. The minimum absolute atomic E-state index is 0.0596. The molecule has 0 spiro atoms. The highest BCUT2D eigenvalue weighted by Crippen LogP contribution is 2.28. The molecule has 0 aliphatic carbocycles.